The van der Waals surface area contributed by atoms with Crippen LogP contribution in [-0.4, -0.2) is 31.3 Å². The van der Waals surface area contributed by atoms with Gasteiger partial charge in [-0.3, -0.25) is 15.1 Å². The largest absolute Gasteiger partial charge is 0.294 e. The van der Waals surface area contributed by atoms with Gasteiger partial charge in [0.25, 0.3) is 0 Å². The van der Waals surface area contributed by atoms with Gasteiger partial charge in [-0.2, -0.15) is 19.9 Å². The second-order valence-electron chi connectivity index (χ2n) is 6.66. The number of benzene rings is 1. The lowest BCUT2D eigenvalue weighted by atomic mass is 10.0. The maximum atomic E-state index is 12.6. The Hall–Kier alpha value is -3.86. The van der Waals surface area contributed by atoms with Crippen molar-refractivity contribution >= 4 is 11.9 Å². The van der Waals surface area contributed by atoms with Crippen LogP contribution in [-0.2, 0) is 4.79 Å². The summed E-state index contributed by atoms with van der Waals surface area (Å²) < 4.78 is 1.60. The Morgan fingerprint density at radius 3 is 2.59 bits per heavy atom. The fourth-order valence-electron chi connectivity index (χ4n) is 2.91. The molecule has 2 aromatic heterocycles. The Morgan fingerprint density at radius 2 is 1.90 bits per heavy atom. The van der Waals surface area contributed by atoms with E-state index in [0.29, 0.717) is 36.7 Å². The number of carbonyl (C=O) groups is 1. The van der Waals surface area contributed by atoms with Gasteiger partial charge in [-0.25, -0.2) is 0 Å². The van der Waals surface area contributed by atoms with Gasteiger partial charge >= 0.3 is 0 Å². The van der Waals surface area contributed by atoms with Crippen LogP contribution in [0.1, 0.15) is 25.7 Å². The average Bonchev–Trinajstić information content (AvgIpc) is 3.42. The van der Waals surface area contributed by atoms with Gasteiger partial charge in [-0.05, 0) is 24.3 Å². The maximum absolute atomic E-state index is 12.6. The van der Waals surface area contributed by atoms with Gasteiger partial charge in [0.05, 0.1) is 5.69 Å². The number of para-hydroxylation sites is 1. The van der Waals surface area contributed by atoms with E-state index in [1.165, 1.54) is 0 Å². The minimum absolute atomic E-state index is 0.181. The van der Waals surface area contributed by atoms with E-state index < -0.39 is 5.66 Å². The lowest BCUT2D eigenvalue weighted by Crippen LogP contribution is -2.19. The molecule has 1 N–H and O–H groups in total. The van der Waals surface area contributed by atoms with Gasteiger partial charge in [0.1, 0.15) is 5.69 Å². The van der Waals surface area contributed by atoms with Crippen LogP contribution < -0.4 is 5.32 Å². The first-order chi connectivity index (χ1) is 14.2. The number of rotatable bonds is 8. The minimum Gasteiger partial charge on any atom is -0.294 e. The second kappa shape index (κ2) is 8.02. The summed E-state index contributed by atoms with van der Waals surface area (Å²) in [7, 11) is 0. The van der Waals surface area contributed by atoms with Crippen molar-refractivity contribution in [1.29, 1.82) is 0 Å². The Morgan fingerprint density at radius 1 is 1.10 bits per heavy atom. The Bertz CT molecular complexity index is 1060. The molecule has 0 fully saturated rings. The van der Waals surface area contributed by atoms with Gasteiger partial charge in [0.2, 0.25) is 17.7 Å². The van der Waals surface area contributed by atoms with Crippen LogP contribution in [0.2, 0.25) is 0 Å². The standard InChI is InChI=1S/C21H19N7O/c1-2-3-13-21(26-27-21)14-12-18(29)23-20-24-19(17-11-7-8-15-22-17)25-28(20)16-9-5-4-6-10-16/h1,4-11,15H,3,12-14H2,(H,23,24,25,29). The monoisotopic (exact) mass is 385 g/mol. The molecule has 0 atom stereocenters. The van der Waals surface area contributed by atoms with Crippen molar-refractivity contribution in [3.8, 4) is 29.5 Å². The lowest BCUT2D eigenvalue weighted by molar-refractivity contribution is -0.116. The van der Waals surface area contributed by atoms with Crippen molar-refractivity contribution in [3.05, 3.63) is 54.7 Å². The van der Waals surface area contributed by atoms with E-state index in [-0.39, 0.29) is 12.3 Å². The highest BCUT2D eigenvalue weighted by molar-refractivity contribution is 5.89. The van der Waals surface area contributed by atoms with Gasteiger partial charge in [0.15, 0.2) is 5.66 Å². The van der Waals surface area contributed by atoms with Crippen molar-refractivity contribution < 1.29 is 4.79 Å². The van der Waals surface area contributed by atoms with Crippen LogP contribution in [0.4, 0.5) is 5.95 Å². The molecule has 0 saturated heterocycles. The summed E-state index contributed by atoms with van der Waals surface area (Å²) in [6.45, 7) is 0. The highest BCUT2D eigenvalue weighted by Gasteiger charge is 2.39. The average molecular weight is 385 g/mol. The molecule has 1 aliphatic heterocycles. The van der Waals surface area contributed by atoms with Crippen LogP contribution in [0.15, 0.2) is 65.0 Å². The number of pyridine rings is 1. The number of nitrogens with one attached hydrogen (secondary N) is 1. The smallest absolute Gasteiger partial charge is 0.233 e. The Kier molecular flexibility index (Phi) is 5.12. The van der Waals surface area contributed by atoms with Crippen LogP contribution in [0.5, 0.6) is 0 Å². The maximum Gasteiger partial charge on any atom is 0.233 e. The van der Waals surface area contributed by atoms with E-state index in [4.69, 9.17) is 6.42 Å². The molecular weight excluding hydrogens is 366 g/mol. The minimum atomic E-state index is -0.490. The van der Waals surface area contributed by atoms with E-state index in [2.05, 4.69) is 36.5 Å². The van der Waals surface area contributed by atoms with Crippen molar-refractivity contribution in [2.45, 2.75) is 31.3 Å². The zero-order chi connectivity index (χ0) is 20.1. The first-order valence-electron chi connectivity index (χ1n) is 9.30. The topological polar surface area (TPSA) is 97.4 Å². The third-order valence-corrected chi connectivity index (χ3v) is 4.56. The van der Waals surface area contributed by atoms with Gasteiger partial charge < -0.3 is 0 Å². The number of terminal acetylenes is 1. The van der Waals surface area contributed by atoms with Crippen LogP contribution in [0.3, 0.4) is 0 Å². The number of anilines is 1. The molecule has 1 amide bonds. The van der Waals surface area contributed by atoms with Crippen molar-refractivity contribution in [3.63, 3.8) is 0 Å². The molecule has 8 heteroatoms. The number of aromatic nitrogens is 4. The summed E-state index contributed by atoms with van der Waals surface area (Å²) in [6.07, 6.45) is 9.02. The van der Waals surface area contributed by atoms with Gasteiger partial charge in [-0.15, -0.1) is 17.4 Å². The van der Waals surface area contributed by atoms with Crippen LogP contribution in [0, 0.1) is 12.3 Å². The predicted octanol–water partition coefficient (Wildman–Crippen LogP) is 3.62. The molecule has 8 nitrogen and oxygen atoms in total. The molecule has 0 unspecified atom stereocenters. The summed E-state index contributed by atoms with van der Waals surface area (Å²) in [4.78, 5) is 21.3. The number of hydrogen-bond acceptors (Lipinski definition) is 6. The molecule has 1 aliphatic rings. The molecule has 4 rings (SSSR count). The first kappa shape index (κ1) is 18.5. The molecule has 0 radical (unpaired) electrons. The van der Waals surface area contributed by atoms with Crippen molar-refractivity contribution in [1.82, 2.24) is 19.7 Å². The zero-order valence-electron chi connectivity index (χ0n) is 15.7. The molecule has 0 aliphatic carbocycles. The molecule has 1 aromatic carbocycles. The summed E-state index contributed by atoms with van der Waals surface area (Å²) in [6, 6.07) is 15.0. The van der Waals surface area contributed by atoms with Crippen LogP contribution in [0.25, 0.3) is 17.2 Å². The summed E-state index contributed by atoms with van der Waals surface area (Å²) >= 11 is 0. The highest BCUT2D eigenvalue weighted by atomic mass is 16.1. The molecule has 3 aromatic rings. The molecule has 0 bridgehead atoms. The molecule has 3 heterocycles. The number of hydrogen-bond donors (Lipinski definition) is 1. The summed E-state index contributed by atoms with van der Waals surface area (Å²) in [5.41, 5.74) is 0.923. The van der Waals surface area contributed by atoms with Crippen molar-refractivity contribution in [2.75, 3.05) is 5.32 Å². The van der Waals surface area contributed by atoms with E-state index in [0.717, 1.165) is 5.69 Å². The lowest BCUT2D eigenvalue weighted by Gasteiger charge is -2.09. The Labute approximate surface area is 168 Å². The normalized spacial score (nSPS) is 13.6. The summed E-state index contributed by atoms with van der Waals surface area (Å²) in [5, 5.41) is 15.5. The SMILES string of the molecule is C#CCCC1(CCC(=O)Nc2nc(-c3ccccn3)nn2-c2ccccc2)N=N1. The fraction of sp³-hybridized carbons (Fsp3) is 0.238. The fourth-order valence-corrected chi connectivity index (χ4v) is 2.91. The van der Waals surface area contributed by atoms with E-state index in [9.17, 15) is 4.79 Å². The quantitative estimate of drug-likeness (QED) is 0.599. The van der Waals surface area contributed by atoms with E-state index in [1.807, 2.05) is 48.5 Å². The molecule has 144 valence electrons. The van der Waals surface area contributed by atoms with E-state index in [1.54, 1.807) is 10.9 Å². The Balaban J connectivity index is 1.52. The molecular formula is C21H19N7O. The van der Waals surface area contributed by atoms with Crippen LogP contribution >= 0.6 is 0 Å². The van der Waals surface area contributed by atoms with E-state index >= 15 is 0 Å². The van der Waals surface area contributed by atoms with Crippen molar-refractivity contribution in [2.24, 2.45) is 10.2 Å². The van der Waals surface area contributed by atoms with Gasteiger partial charge in [-0.1, -0.05) is 24.3 Å². The third-order valence-electron chi connectivity index (χ3n) is 4.56. The molecule has 0 spiro atoms. The summed E-state index contributed by atoms with van der Waals surface area (Å²) in [5.74, 6) is 3.18. The number of nitrogens with zero attached hydrogens (tertiary/aromatic N) is 6. The molecule has 29 heavy (non-hydrogen) atoms. The zero-order valence-corrected chi connectivity index (χ0v) is 15.7. The molecule has 0 saturated carbocycles. The first-order valence-corrected chi connectivity index (χ1v) is 9.30. The predicted molar refractivity (Wildman–Crippen MR) is 108 cm³/mol. The highest BCUT2D eigenvalue weighted by Crippen LogP contribution is 2.37. The third kappa shape index (κ3) is 4.35. The number of carbonyl (C=O) groups excluding carboxylic acids is 1. The second-order valence-corrected chi connectivity index (χ2v) is 6.66. The van der Waals surface area contributed by atoms with Gasteiger partial charge in [0, 0.05) is 31.9 Å². The number of amides is 1.